The first-order valence-corrected chi connectivity index (χ1v) is 7.67. The number of nitrogens with one attached hydrogen (secondary N) is 1. The van der Waals surface area contributed by atoms with Crippen LogP contribution < -0.4 is 5.32 Å². The molecule has 0 bridgehead atoms. The lowest BCUT2D eigenvalue weighted by Crippen LogP contribution is -2.29. The van der Waals surface area contributed by atoms with Crippen LogP contribution in [0.4, 0.5) is 0 Å². The van der Waals surface area contributed by atoms with Crippen molar-refractivity contribution in [1.82, 2.24) is 10.3 Å². The van der Waals surface area contributed by atoms with Crippen molar-refractivity contribution < 1.29 is 4.79 Å². The van der Waals surface area contributed by atoms with Gasteiger partial charge in [-0.1, -0.05) is 31.6 Å². The molecule has 2 unspecified atom stereocenters. The third-order valence-corrected chi connectivity index (χ3v) is 4.33. The molecule has 1 amide bonds. The molecule has 114 valence electrons. The standard InChI is InChI=1S/C18H26N2O/c1-12(2)11-15-16(18(15,4)5)17(21)19-10-9-14-8-6-7-13(3)20-14/h6-8,11,15-16H,9-10H2,1-5H3,(H,19,21). The van der Waals surface area contributed by atoms with Crippen molar-refractivity contribution in [2.75, 3.05) is 6.54 Å². The van der Waals surface area contributed by atoms with Gasteiger partial charge in [-0.05, 0) is 44.2 Å². The predicted octanol–water partition coefficient (Wildman–Crippen LogP) is 3.29. The highest BCUT2D eigenvalue weighted by Crippen LogP contribution is 2.59. The minimum Gasteiger partial charge on any atom is -0.355 e. The van der Waals surface area contributed by atoms with Crippen LogP contribution in [0.2, 0.25) is 0 Å². The van der Waals surface area contributed by atoms with Gasteiger partial charge in [-0.25, -0.2) is 0 Å². The van der Waals surface area contributed by atoms with E-state index in [1.54, 1.807) is 0 Å². The Morgan fingerprint density at radius 2 is 2.10 bits per heavy atom. The molecule has 3 heteroatoms. The average Bonchev–Trinajstić information content (AvgIpc) is 2.89. The number of aryl methyl sites for hydroxylation is 1. The highest BCUT2D eigenvalue weighted by Gasteiger charge is 2.60. The lowest BCUT2D eigenvalue weighted by Gasteiger charge is -2.06. The fraction of sp³-hybridized carbons (Fsp3) is 0.556. The summed E-state index contributed by atoms with van der Waals surface area (Å²) in [6.45, 7) is 11.2. The molecular weight excluding hydrogens is 260 g/mol. The SMILES string of the molecule is CC(C)=CC1C(C(=O)NCCc2cccc(C)n2)C1(C)C. The molecular formula is C18H26N2O. The second kappa shape index (κ2) is 6.00. The molecule has 1 saturated carbocycles. The van der Waals surface area contributed by atoms with Crippen LogP contribution in [-0.2, 0) is 11.2 Å². The van der Waals surface area contributed by atoms with E-state index in [4.69, 9.17) is 0 Å². The maximum absolute atomic E-state index is 12.3. The Labute approximate surface area is 127 Å². The number of amides is 1. The summed E-state index contributed by atoms with van der Waals surface area (Å²) in [5.74, 6) is 0.660. The van der Waals surface area contributed by atoms with Gasteiger partial charge in [0.15, 0.2) is 0 Å². The van der Waals surface area contributed by atoms with E-state index in [2.05, 4.69) is 44.1 Å². The quantitative estimate of drug-likeness (QED) is 0.844. The number of hydrogen-bond acceptors (Lipinski definition) is 2. The lowest BCUT2D eigenvalue weighted by molar-refractivity contribution is -0.123. The molecule has 1 fully saturated rings. The molecule has 0 saturated heterocycles. The van der Waals surface area contributed by atoms with Crippen LogP contribution in [0.15, 0.2) is 29.8 Å². The van der Waals surface area contributed by atoms with E-state index in [-0.39, 0.29) is 17.2 Å². The smallest absolute Gasteiger partial charge is 0.224 e. The molecule has 1 aromatic heterocycles. The van der Waals surface area contributed by atoms with Gasteiger partial charge in [0.25, 0.3) is 0 Å². The molecule has 0 radical (unpaired) electrons. The van der Waals surface area contributed by atoms with E-state index in [1.165, 1.54) is 5.57 Å². The number of nitrogens with zero attached hydrogens (tertiary/aromatic N) is 1. The molecule has 21 heavy (non-hydrogen) atoms. The Bertz CT molecular complexity index is 556. The summed E-state index contributed by atoms with van der Waals surface area (Å²) in [7, 11) is 0. The topological polar surface area (TPSA) is 42.0 Å². The maximum atomic E-state index is 12.3. The third-order valence-electron chi connectivity index (χ3n) is 4.33. The van der Waals surface area contributed by atoms with Crippen LogP contribution in [0.25, 0.3) is 0 Å². The summed E-state index contributed by atoms with van der Waals surface area (Å²) in [5.41, 5.74) is 3.42. The summed E-state index contributed by atoms with van der Waals surface area (Å²) < 4.78 is 0. The summed E-state index contributed by atoms with van der Waals surface area (Å²) >= 11 is 0. The van der Waals surface area contributed by atoms with Crippen molar-refractivity contribution >= 4 is 5.91 Å². The molecule has 2 rings (SSSR count). The molecule has 0 spiro atoms. The van der Waals surface area contributed by atoms with Crippen LogP contribution in [0.3, 0.4) is 0 Å². The monoisotopic (exact) mass is 286 g/mol. The average molecular weight is 286 g/mol. The zero-order chi connectivity index (χ0) is 15.6. The number of aromatic nitrogens is 1. The largest absolute Gasteiger partial charge is 0.355 e. The van der Waals surface area contributed by atoms with Crippen molar-refractivity contribution in [2.45, 2.75) is 41.0 Å². The van der Waals surface area contributed by atoms with E-state index in [0.29, 0.717) is 12.5 Å². The van der Waals surface area contributed by atoms with Gasteiger partial charge < -0.3 is 5.32 Å². The van der Waals surface area contributed by atoms with E-state index >= 15 is 0 Å². The first-order chi connectivity index (χ1) is 9.82. The van der Waals surface area contributed by atoms with Crippen molar-refractivity contribution in [3.05, 3.63) is 41.2 Å². The minimum atomic E-state index is 0.0862. The fourth-order valence-electron chi connectivity index (χ4n) is 3.01. The predicted molar refractivity (Wildman–Crippen MR) is 85.9 cm³/mol. The molecule has 3 nitrogen and oxygen atoms in total. The molecule has 2 atom stereocenters. The van der Waals surface area contributed by atoms with Gasteiger partial charge in [-0.2, -0.15) is 0 Å². The van der Waals surface area contributed by atoms with Gasteiger partial charge >= 0.3 is 0 Å². The molecule has 1 aliphatic rings. The van der Waals surface area contributed by atoms with E-state index in [1.807, 2.05) is 25.1 Å². The summed E-state index contributed by atoms with van der Waals surface area (Å²) in [5, 5.41) is 3.06. The number of rotatable bonds is 5. The second-order valence-corrected chi connectivity index (χ2v) is 6.88. The Hall–Kier alpha value is -1.64. The van der Waals surface area contributed by atoms with Gasteiger partial charge in [0.2, 0.25) is 5.91 Å². The van der Waals surface area contributed by atoms with E-state index < -0.39 is 0 Å². The Morgan fingerprint density at radius 3 is 2.71 bits per heavy atom. The van der Waals surface area contributed by atoms with Gasteiger partial charge in [-0.15, -0.1) is 0 Å². The number of pyridine rings is 1. The second-order valence-electron chi connectivity index (χ2n) is 6.88. The Kier molecular flexibility index (Phi) is 4.50. The van der Waals surface area contributed by atoms with Crippen molar-refractivity contribution in [3.8, 4) is 0 Å². The summed E-state index contributed by atoms with van der Waals surface area (Å²) in [6, 6.07) is 6.00. The number of carbonyl (C=O) groups excluding carboxylic acids is 1. The third kappa shape index (κ3) is 3.72. The van der Waals surface area contributed by atoms with Crippen molar-refractivity contribution in [3.63, 3.8) is 0 Å². The van der Waals surface area contributed by atoms with Crippen LogP contribution in [0.5, 0.6) is 0 Å². The van der Waals surface area contributed by atoms with E-state index in [9.17, 15) is 4.79 Å². The number of carbonyl (C=O) groups is 1. The highest BCUT2D eigenvalue weighted by atomic mass is 16.2. The molecule has 1 N–H and O–H groups in total. The Morgan fingerprint density at radius 1 is 1.38 bits per heavy atom. The van der Waals surface area contributed by atoms with Crippen LogP contribution in [0.1, 0.15) is 39.1 Å². The van der Waals surface area contributed by atoms with Crippen LogP contribution in [-0.4, -0.2) is 17.4 Å². The minimum absolute atomic E-state index is 0.0862. The fourth-order valence-corrected chi connectivity index (χ4v) is 3.01. The highest BCUT2D eigenvalue weighted by molar-refractivity contribution is 5.83. The van der Waals surface area contributed by atoms with Gasteiger partial charge in [0.05, 0.1) is 5.92 Å². The Balaban J connectivity index is 1.85. The number of hydrogen-bond donors (Lipinski definition) is 1. The van der Waals surface area contributed by atoms with Crippen LogP contribution in [0, 0.1) is 24.2 Å². The maximum Gasteiger partial charge on any atom is 0.224 e. The number of allylic oxidation sites excluding steroid dienone is 2. The molecule has 0 aromatic carbocycles. The molecule has 1 aromatic rings. The summed E-state index contributed by atoms with van der Waals surface area (Å²) in [4.78, 5) is 16.8. The van der Waals surface area contributed by atoms with E-state index in [0.717, 1.165) is 17.8 Å². The normalized spacial score (nSPS) is 22.5. The first-order valence-electron chi connectivity index (χ1n) is 7.67. The first kappa shape index (κ1) is 15.7. The molecule has 1 heterocycles. The summed E-state index contributed by atoms with van der Waals surface area (Å²) in [6.07, 6.45) is 3.01. The zero-order valence-electron chi connectivity index (χ0n) is 13.7. The van der Waals surface area contributed by atoms with Crippen molar-refractivity contribution in [1.29, 1.82) is 0 Å². The molecule has 1 aliphatic carbocycles. The van der Waals surface area contributed by atoms with Crippen LogP contribution >= 0.6 is 0 Å². The van der Waals surface area contributed by atoms with Gasteiger partial charge in [-0.3, -0.25) is 9.78 Å². The zero-order valence-corrected chi connectivity index (χ0v) is 13.7. The molecule has 0 aliphatic heterocycles. The van der Waals surface area contributed by atoms with Gasteiger partial charge in [0.1, 0.15) is 0 Å². The van der Waals surface area contributed by atoms with Gasteiger partial charge in [0, 0.05) is 24.4 Å². The lowest BCUT2D eigenvalue weighted by atomic mass is 10.1. The van der Waals surface area contributed by atoms with Crippen molar-refractivity contribution in [2.24, 2.45) is 17.3 Å².